The first-order valence-electron chi connectivity index (χ1n) is 5.90. The minimum Gasteiger partial charge on any atom is -0.309 e. The average molecular weight is 222 g/mol. The van der Waals surface area contributed by atoms with Crippen LogP contribution in [0, 0.1) is 5.92 Å². The first-order chi connectivity index (χ1) is 7.42. The highest BCUT2D eigenvalue weighted by atomic mass is 32.1. The fraction of sp³-hybridized carbons (Fsp3) is 0.667. The minimum atomic E-state index is 0.769. The van der Waals surface area contributed by atoms with Gasteiger partial charge in [-0.2, -0.15) is 0 Å². The maximum atomic E-state index is 3.74. The van der Waals surface area contributed by atoms with E-state index in [1.165, 1.54) is 37.4 Å². The van der Waals surface area contributed by atoms with E-state index in [2.05, 4.69) is 27.7 Å². The van der Waals surface area contributed by atoms with Gasteiger partial charge < -0.3 is 10.2 Å². The van der Waals surface area contributed by atoms with Gasteiger partial charge in [0.2, 0.25) is 0 Å². The molecule has 0 radical (unpaired) electrons. The van der Waals surface area contributed by atoms with Crippen LogP contribution in [-0.4, -0.2) is 30.6 Å². The summed E-state index contributed by atoms with van der Waals surface area (Å²) in [6, 6.07) is 5.13. The summed E-state index contributed by atoms with van der Waals surface area (Å²) in [5.41, 5.74) is 0. The van der Waals surface area contributed by atoms with Gasteiger partial charge in [0.25, 0.3) is 0 Å². The Morgan fingerprint density at radius 3 is 3.20 bits per heavy atom. The molecule has 0 saturated carbocycles. The van der Waals surface area contributed by atoms with E-state index in [4.69, 9.17) is 0 Å². The topological polar surface area (TPSA) is 15.3 Å². The van der Waals surface area contributed by atoms with Gasteiger partial charge in [-0.15, -0.1) is 11.3 Å². The molecule has 2 aliphatic rings. The first-order valence-corrected chi connectivity index (χ1v) is 6.78. The number of nitrogens with one attached hydrogen (secondary N) is 1. The highest BCUT2D eigenvalue weighted by Crippen LogP contribution is 2.27. The van der Waals surface area contributed by atoms with Gasteiger partial charge in [-0.3, -0.25) is 0 Å². The lowest BCUT2D eigenvalue weighted by Crippen LogP contribution is -2.43. The normalized spacial score (nSPS) is 34.5. The number of hydrogen-bond donors (Lipinski definition) is 1. The summed E-state index contributed by atoms with van der Waals surface area (Å²) in [4.78, 5) is 4.07. The van der Waals surface area contributed by atoms with Gasteiger partial charge in [0.05, 0.1) is 0 Å². The molecule has 15 heavy (non-hydrogen) atoms. The Morgan fingerprint density at radius 1 is 1.40 bits per heavy atom. The number of fused-ring (bicyclic) bond motifs is 2. The third-order valence-corrected chi connectivity index (χ3v) is 4.63. The van der Waals surface area contributed by atoms with E-state index in [9.17, 15) is 0 Å². The van der Waals surface area contributed by atoms with Gasteiger partial charge in [0.15, 0.2) is 0 Å². The Morgan fingerprint density at radius 2 is 2.33 bits per heavy atom. The molecule has 2 nitrogen and oxygen atoms in total. The van der Waals surface area contributed by atoms with Crippen LogP contribution in [0.1, 0.15) is 17.7 Å². The zero-order valence-corrected chi connectivity index (χ0v) is 9.80. The van der Waals surface area contributed by atoms with Crippen LogP contribution >= 0.6 is 11.3 Å². The van der Waals surface area contributed by atoms with Gasteiger partial charge in [0.1, 0.15) is 0 Å². The lowest BCUT2D eigenvalue weighted by Gasteiger charge is -2.31. The summed E-state index contributed by atoms with van der Waals surface area (Å²) >= 11 is 1.86. The summed E-state index contributed by atoms with van der Waals surface area (Å²) in [5.74, 6) is 0.915. The SMILES string of the molecule is c1csc(CNC2CCN3CCC2C3)c1. The van der Waals surface area contributed by atoms with E-state index in [1.807, 2.05) is 11.3 Å². The van der Waals surface area contributed by atoms with Crippen LogP contribution < -0.4 is 5.32 Å². The van der Waals surface area contributed by atoms with Crippen LogP contribution in [0.15, 0.2) is 17.5 Å². The molecule has 3 unspecified atom stereocenters. The molecule has 2 saturated heterocycles. The van der Waals surface area contributed by atoms with Crippen LogP contribution in [0.25, 0.3) is 0 Å². The standard InChI is InChI=1S/C12H18N2S/c1-2-11(15-7-1)8-13-12-4-6-14-5-3-10(12)9-14/h1-2,7,10,12-13H,3-6,8-9H2. The molecule has 1 aromatic heterocycles. The largest absolute Gasteiger partial charge is 0.309 e. The predicted octanol–water partition coefficient (Wildman–Crippen LogP) is 1.93. The number of thiophene rings is 1. The van der Waals surface area contributed by atoms with Gasteiger partial charge in [-0.25, -0.2) is 0 Å². The number of nitrogens with zero attached hydrogens (tertiary/aromatic N) is 1. The molecule has 3 heterocycles. The van der Waals surface area contributed by atoms with Crippen LogP contribution in [0.4, 0.5) is 0 Å². The molecule has 0 amide bonds. The highest BCUT2D eigenvalue weighted by Gasteiger charge is 2.33. The van der Waals surface area contributed by atoms with Crippen molar-refractivity contribution in [1.29, 1.82) is 0 Å². The Labute approximate surface area is 95.3 Å². The lowest BCUT2D eigenvalue weighted by molar-refractivity contribution is 0.220. The van der Waals surface area contributed by atoms with Crippen molar-refractivity contribution in [3.8, 4) is 0 Å². The summed E-state index contributed by atoms with van der Waals surface area (Å²) < 4.78 is 0. The number of hydrogen-bond acceptors (Lipinski definition) is 3. The third-order valence-electron chi connectivity index (χ3n) is 3.75. The molecule has 0 aliphatic carbocycles. The second-order valence-electron chi connectivity index (χ2n) is 4.70. The van der Waals surface area contributed by atoms with Crippen molar-refractivity contribution in [2.75, 3.05) is 19.6 Å². The van der Waals surface area contributed by atoms with E-state index in [0.29, 0.717) is 0 Å². The number of piperidine rings is 1. The van der Waals surface area contributed by atoms with E-state index in [0.717, 1.165) is 18.5 Å². The molecule has 3 heteroatoms. The van der Waals surface area contributed by atoms with Crippen molar-refractivity contribution in [2.45, 2.75) is 25.4 Å². The highest BCUT2D eigenvalue weighted by molar-refractivity contribution is 7.09. The lowest BCUT2D eigenvalue weighted by atomic mass is 9.94. The smallest absolute Gasteiger partial charge is 0.0302 e. The van der Waals surface area contributed by atoms with Crippen molar-refractivity contribution in [2.24, 2.45) is 5.92 Å². The maximum absolute atomic E-state index is 3.74. The van der Waals surface area contributed by atoms with Gasteiger partial charge in [-0.1, -0.05) is 6.07 Å². The second-order valence-corrected chi connectivity index (χ2v) is 5.74. The predicted molar refractivity (Wildman–Crippen MR) is 64.1 cm³/mol. The van der Waals surface area contributed by atoms with E-state index >= 15 is 0 Å². The molecule has 0 spiro atoms. The van der Waals surface area contributed by atoms with Crippen molar-refractivity contribution in [3.63, 3.8) is 0 Å². The number of rotatable bonds is 3. The maximum Gasteiger partial charge on any atom is 0.0302 e. The molecule has 2 aliphatic heterocycles. The van der Waals surface area contributed by atoms with Crippen LogP contribution in [0.5, 0.6) is 0 Å². The molecular formula is C12H18N2S. The minimum absolute atomic E-state index is 0.769. The quantitative estimate of drug-likeness (QED) is 0.840. The molecule has 3 rings (SSSR count). The van der Waals surface area contributed by atoms with Crippen molar-refractivity contribution < 1.29 is 0 Å². The van der Waals surface area contributed by atoms with Gasteiger partial charge >= 0.3 is 0 Å². The zero-order valence-electron chi connectivity index (χ0n) is 8.98. The van der Waals surface area contributed by atoms with E-state index in [-0.39, 0.29) is 0 Å². The van der Waals surface area contributed by atoms with Gasteiger partial charge in [0, 0.05) is 24.0 Å². The second kappa shape index (κ2) is 4.24. The van der Waals surface area contributed by atoms with Crippen LogP contribution in [-0.2, 0) is 6.54 Å². The molecular weight excluding hydrogens is 204 g/mol. The Hall–Kier alpha value is -0.380. The molecule has 3 atom stereocenters. The molecule has 2 bridgehead atoms. The van der Waals surface area contributed by atoms with E-state index in [1.54, 1.807) is 0 Å². The fourth-order valence-electron chi connectivity index (χ4n) is 2.87. The Balaban J connectivity index is 1.55. The summed E-state index contributed by atoms with van der Waals surface area (Å²) in [5, 5.41) is 5.90. The molecule has 1 N–H and O–H groups in total. The average Bonchev–Trinajstić information content (AvgIpc) is 2.88. The van der Waals surface area contributed by atoms with Crippen molar-refractivity contribution >= 4 is 11.3 Å². The summed E-state index contributed by atoms with van der Waals surface area (Å²) in [7, 11) is 0. The third kappa shape index (κ3) is 2.10. The van der Waals surface area contributed by atoms with Crippen molar-refractivity contribution in [1.82, 2.24) is 10.2 Å². The summed E-state index contributed by atoms with van der Waals surface area (Å²) in [6.07, 6.45) is 2.75. The fourth-order valence-corrected chi connectivity index (χ4v) is 3.52. The molecule has 1 aromatic rings. The van der Waals surface area contributed by atoms with Crippen molar-refractivity contribution in [3.05, 3.63) is 22.4 Å². The Bertz CT molecular complexity index is 309. The summed E-state index contributed by atoms with van der Waals surface area (Å²) in [6.45, 7) is 5.04. The van der Waals surface area contributed by atoms with Gasteiger partial charge in [-0.05, 0) is 43.3 Å². The zero-order chi connectivity index (χ0) is 10.1. The van der Waals surface area contributed by atoms with Crippen LogP contribution in [0.3, 0.4) is 0 Å². The first kappa shape index (κ1) is 9.82. The molecule has 2 fully saturated rings. The monoisotopic (exact) mass is 222 g/mol. The van der Waals surface area contributed by atoms with Crippen LogP contribution in [0.2, 0.25) is 0 Å². The molecule has 82 valence electrons. The Kier molecular flexibility index (Phi) is 2.77. The van der Waals surface area contributed by atoms with E-state index < -0.39 is 0 Å². The molecule has 0 aromatic carbocycles.